The smallest absolute Gasteiger partial charge is 0.197 e. The highest BCUT2D eigenvalue weighted by molar-refractivity contribution is 7.86. The Labute approximate surface area is 87.6 Å². The molecule has 0 saturated carbocycles. The zero-order valence-electron chi connectivity index (χ0n) is 7.85. The first-order valence-electron chi connectivity index (χ1n) is 4.12. The van der Waals surface area contributed by atoms with E-state index >= 15 is 0 Å². The Bertz CT molecular complexity index is 277. The molecule has 1 aromatic heterocycles. The Morgan fingerprint density at radius 3 is 2.21 bits per heavy atom. The first kappa shape index (κ1) is 13.5. The van der Waals surface area contributed by atoms with Crippen molar-refractivity contribution in [2.45, 2.75) is 19.8 Å². The van der Waals surface area contributed by atoms with Crippen LogP contribution in [0.4, 0.5) is 4.53 Å². The molecule has 0 amide bonds. The van der Waals surface area contributed by atoms with Crippen molar-refractivity contribution < 1.29 is 17.3 Å². The second-order valence-electron chi connectivity index (χ2n) is 2.47. The number of hydrogen-bond acceptors (Lipinski definition) is 4. The molecular weight excluding hydrogens is 227 g/mol. The van der Waals surface area contributed by atoms with Crippen LogP contribution in [0.25, 0.3) is 0 Å². The molecule has 1 aromatic rings. The minimum atomic E-state index is -3.85. The molecule has 0 aliphatic rings. The largest absolute Gasteiger partial charge is 0.297 e. The summed E-state index contributed by atoms with van der Waals surface area (Å²) in [6, 6.07) is 4.04. The molecule has 0 spiro atoms. The van der Waals surface area contributed by atoms with Gasteiger partial charge in [-0.25, -0.2) is 0 Å². The van der Waals surface area contributed by atoms with E-state index in [1.54, 1.807) is 11.3 Å². The van der Waals surface area contributed by atoms with Crippen LogP contribution >= 0.6 is 11.3 Å². The second kappa shape index (κ2) is 7.90. The third-order valence-electron chi connectivity index (χ3n) is 1.27. The second-order valence-corrected chi connectivity index (χ2v) is 4.94. The Balaban J connectivity index is 0.000000280. The lowest BCUT2D eigenvalue weighted by molar-refractivity contribution is 0.00290. The summed E-state index contributed by atoms with van der Waals surface area (Å²) in [7, 11) is -3.85. The van der Waals surface area contributed by atoms with E-state index in [0.29, 0.717) is 12.8 Å². The van der Waals surface area contributed by atoms with Crippen molar-refractivity contribution >= 4 is 21.5 Å². The van der Waals surface area contributed by atoms with Crippen molar-refractivity contribution in [1.29, 1.82) is 0 Å². The molecule has 82 valence electrons. The molecule has 0 radical (unpaired) electrons. The summed E-state index contributed by atoms with van der Waals surface area (Å²) < 4.78 is 34.0. The summed E-state index contributed by atoms with van der Waals surface area (Å²) >= 11 is 1.71. The van der Waals surface area contributed by atoms with Gasteiger partial charge in [0.25, 0.3) is 10.1 Å². The number of unbranched alkanes of at least 4 members (excludes halogenated alkanes) is 1. The molecular formula is C8H13FO3S2. The summed E-state index contributed by atoms with van der Waals surface area (Å²) in [5, 5.41) is 4.08. The van der Waals surface area contributed by atoms with Gasteiger partial charge in [-0.15, -0.1) is 0 Å². The fourth-order valence-corrected chi connectivity index (χ4v) is 1.74. The zero-order valence-corrected chi connectivity index (χ0v) is 9.48. The van der Waals surface area contributed by atoms with Gasteiger partial charge in [0, 0.05) is 0 Å². The summed E-state index contributed by atoms with van der Waals surface area (Å²) in [5.41, 5.74) is 0. The van der Waals surface area contributed by atoms with Crippen molar-refractivity contribution in [1.82, 2.24) is 0 Å². The maximum Gasteiger partial charge on any atom is 0.297 e. The van der Waals surface area contributed by atoms with Crippen molar-refractivity contribution in [3.05, 3.63) is 22.9 Å². The normalized spacial score (nSPS) is 10.4. The van der Waals surface area contributed by atoms with E-state index in [-0.39, 0.29) is 5.75 Å². The van der Waals surface area contributed by atoms with Crippen molar-refractivity contribution in [3.63, 3.8) is 0 Å². The van der Waals surface area contributed by atoms with Crippen molar-refractivity contribution in [2.24, 2.45) is 0 Å². The van der Waals surface area contributed by atoms with E-state index in [1.165, 1.54) is 0 Å². The van der Waals surface area contributed by atoms with Gasteiger partial charge >= 0.3 is 0 Å². The minimum absolute atomic E-state index is 0.236. The topological polar surface area (TPSA) is 43.4 Å². The van der Waals surface area contributed by atoms with E-state index in [2.05, 4.69) is 4.39 Å². The molecule has 14 heavy (non-hydrogen) atoms. The van der Waals surface area contributed by atoms with Gasteiger partial charge in [-0.3, -0.25) is 0 Å². The fourth-order valence-electron chi connectivity index (χ4n) is 0.579. The molecule has 0 aliphatic carbocycles. The van der Waals surface area contributed by atoms with Gasteiger partial charge in [-0.1, -0.05) is 29.9 Å². The monoisotopic (exact) mass is 240 g/mol. The van der Waals surface area contributed by atoms with Crippen LogP contribution in [0.3, 0.4) is 0 Å². The first-order chi connectivity index (χ1) is 6.62. The zero-order chi connectivity index (χ0) is 10.9. The van der Waals surface area contributed by atoms with E-state index in [1.807, 2.05) is 29.8 Å². The SMILES string of the molecule is CCCCS(=O)(=O)OF.c1ccsc1. The summed E-state index contributed by atoms with van der Waals surface area (Å²) in [4.78, 5) is 0. The molecule has 0 unspecified atom stereocenters. The van der Waals surface area contributed by atoms with Gasteiger partial charge in [0.1, 0.15) is 0 Å². The molecule has 0 aliphatic heterocycles. The average Bonchev–Trinajstić information content (AvgIpc) is 2.73. The van der Waals surface area contributed by atoms with Gasteiger partial charge in [0.15, 0.2) is 0 Å². The van der Waals surface area contributed by atoms with Crippen molar-refractivity contribution in [3.8, 4) is 0 Å². The number of hydrogen-bond donors (Lipinski definition) is 0. The Morgan fingerprint density at radius 2 is 1.93 bits per heavy atom. The predicted octanol–water partition coefficient (Wildman–Crippen LogP) is 2.77. The van der Waals surface area contributed by atoms with Crippen LogP contribution < -0.4 is 0 Å². The number of thiophene rings is 1. The third-order valence-corrected chi connectivity index (χ3v) is 2.88. The van der Waals surface area contributed by atoms with Crippen LogP contribution in [-0.2, 0) is 14.5 Å². The maximum atomic E-state index is 11.0. The fraction of sp³-hybridized carbons (Fsp3) is 0.500. The molecule has 6 heteroatoms. The molecule has 0 saturated heterocycles. The van der Waals surface area contributed by atoms with E-state index < -0.39 is 10.1 Å². The van der Waals surface area contributed by atoms with Gasteiger partial charge in [-0.05, 0) is 21.7 Å². The molecule has 1 rings (SSSR count). The molecule has 0 N–H and O–H groups in total. The summed E-state index contributed by atoms with van der Waals surface area (Å²) in [5.74, 6) is -0.236. The molecule has 0 aromatic carbocycles. The van der Waals surface area contributed by atoms with Crippen LogP contribution in [0.1, 0.15) is 19.8 Å². The van der Waals surface area contributed by atoms with E-state index in [9.17, 15) is 12.9 Å². The lowest BCUT2D eigenvalue weighted by atomic mass is 10.4. The average molecular weight is 240 g/mol. The quantitative estimate of drug-likeness (QED) is 0.812. The number of rotatable bonds is 4. The molecule has 1 heterocycles. The van der Waals surface area contributed by atoms with E-state index in [4.69, 9.17) is 0 Å². The predicted molar refractivity (Wildman–Crippen MR) is 55.2 cm³/mol. The van der Waals surface area contributed by atoms with Crippen LogP contribution in [0.5, 0.6) is 0 Å². The number of halogens is 1. The van der Waals surface area contributed by atoms with Crippen LogP contribution in [-0.4, -0.2) is 14.2 Å². The van der Waals surface area contributed by atoms with Gasteiger partial charge < -0.3 is 0 Å². The molecule has 0 fully saturated rings. The van der Waals surface area contributed by atoms with Crippen molar-refractivity contribution in [2.75, 3.05) is 5.75 Å². The Hall–Kier alpha value is -0.460. The van der Waals surface area contributed by atoms with Gasteiger partial charge in [0.2, 0.25) is 0 Å². The van der Waals surface area contributed by atoms with Gasteiger partial charge in [-0.2, -0.15) is 19.8 Å². The molecule has 0 atom stereocenters. The highest BCUT2D eigenvalue weighted by atomic mass is 32.2. The maximum absolute atomic E-state index is 11.0. The lowest BCUT2D eigenvalue weighted by Crippen LogP contribution is -2.04. The summed E-state index contributed by atoms with van der Waals surface area (Å²) in [6.07, 6.45) is 1.15. The van der Waals surface area contributed by atoms with Crippen LogP contribution in [0.2, 0.25) is 0 Å². The third kappa shape index (κ3) is 8.15. The highest BCUT2D eigenvalue weighted by Gasteiger charge is 2.08. The Morgan fingerprint density at radius 1 is 1.36 bits per heavy atom. The first-order valence-corrected chi connectivity index (χ1v) is 6.64. The highest BCUT2D eigenvalue weighted by Crippen LogP contribution is 1.98. The molecule has 3 nitrogen and oxygen atoms in total. The van der Waals surface area contributed by atoms with Gasteiger partial charge in [0.05, 0.1) is 5.75 Å². The summed E-state index contributed by atoms with van der Waals surface area (Å²) in [6.45, 7) is 1.81. The minimum Gasteiger partial charge on any atom is -0.197 e. The van der Waals surface area contributed by atoms with Crippen LogP contribution in [0.15, 0.2) is 22.9 Å². The molecule has 0 bridgehead atoms. The van der Waals surface area contributed by atoms with Crippen LogP contribution in [0, 0.1) is 0 Å². The standard InChI is InChI=1S/C4H9FO3S.C4H4S/c1-2-3-4-9(6,7)8-5;1-2-4-5-3-1/h2-4H2,1H3;1-4H. The lowest BCUT2D eigenvalue weighted by Gasteiger charge is -1.92. The Kier molecular flexibility index (Phi) is 7.64. The van der Waals surface area contributed by atoms with E-state index in [0.717, 1.165) is 0 Å².